The van der Waals surface area contributed by atoms with Gasteiger partial charge < -0.3 is 14.6 Å². The summed E-state index contributed by atoms with van der Waals surface area (Å²) in [7, 11) is 3.41. The maximum atomic E-state index is 11.5. The first-order valence-corrected chi connectivity index (χ1v) is 7.61. The quantitative estimate of drug-likeness (QED) is 0.661. The minimum Gasteiger partial charge on any atom is -0.480 e. The molecule has 21 heavy (non-hydrogen) atoms. The average Bonchev–Trinajstić information content (AvgIpc) is 2.80. The SMILES string of the molecule is COC1CN(CCCC(C)(NC(C)C)C(=O)O)CC1OC. The second-order valence-corrected chi connectivity index (χ2v) is 6.35. The number of carboxylic acid groups (broad SMARTS) is 1. The number of nitrogens with zero attached hydrogens (tertiary/aromatic N) is 1. The Labute approximate surface area is 127 Å². The summed E-state index contributed by atoms with van der Waals surface area (Å²) in [6.45, 7) is 8.24. The van der Waals surface area contributed by atoms with Crippen LogP contribution in [-0.4, -0.2) is 73.6 Å². The first-order chi connectivity index (χ1) is 9.82. The van der Waals surface area contributed by atoms with Crippen molar-refractivity contribution in [2.24, 2.45) is 0 Å². The van der Waals surface area contributed by atoms with Crippen molar-refractivity contribution in [3.05, 3.63) is 0 Å². The third-order valence-corrected chi connectivity index (χ3v) is 4.13. The summed E-state index contributed by atoms with van der Waals surface area (Å²) < 4.78 is 10.8. The second kappa shape index (κ2) is 8.08. The smallest absolute Gasteiger partial charge is 0.323 e. The Kier molecular flexibility index (Phi) is 7.06. The van der Waals surface area contributed by atoms with E-state index in [-0.39, 0.29) is 18.2 Å². The molecule has 1 fully saturated rings. The van der Waals surface area contributed by atoms with E-state index in [2.05, 4.69) is 10.2 Å². The van der Waals surface area contributed by atoms with Crippen molar-refractivity contribution in [3.8, 4) is 0 Å². The van der Waals surface area contributed by atoms with Gasteiger partial charge in [-0.1, -0.05) is 0 Å². The number of ether oxygens (including phenoxy) is 2. The summed E-state index contributed by atoms with van der Waals surface area (Å²) in [4.78, 5) is 13.7. The Bertz CT molecular complexity index is 326. The van der Waals surface area contributed by atoms with Gasteiger partial charge in [-0.2, -0.15) is 0 Å². The van der Waals surface area contributed by atoms with E-state index in [1.165, 1.54) is 0 Å². The van der Waals surface area contributed by atoms with Crippen LogP contribution < -0.4 is 5.32 Å². The third kappa shape index (κ3) is 5.21. The monoisotopic (exact) mass is 302 g/mol. The van der Waals surface area contributed by atoms with Gasteiger partial charge in [0, 0.05) is 33.4 Å². The minimum atomic E-state index is -0.866. The molecule has 0 aromatic heterocycles. The Balaban J connectivity index is 2.43. The van der Waals surface area contributed by atoms with Gasteiger partial charge in [-0.15, -0.1) is 0 Å². The fourth-order valence-corrected chi connectivity index (χ4v) is 2.99. The van der Waals surface area contributed by atoms with Gasteiger partial charge in [0.2, 0.25) is 0 Å². The topological polar surface area (TPSA) is 71.0 Å². The number of aliphatic carboxylic acids is 1. The molecule has 0 radical (unpaired) electrons. The third-order valence-electron chi connectivity index (χ3n) is 4.13. The molecule has 1 aliphatic rings. The molecular formula is C15H30N2O4. The summed E-state index contributed by atoms with van der Waals surface area (Å²) in [6, 6.07) is 0.147. The van der Waals surface area contributed by atoms with Crippen LogP contribution in [0.4, 0.5) is 0 Å². The van der Waals surface area contributed by atoms with Crippen LogP contribution in [-0.2, 0) is 14.3 Å². The first-order valence-electron chi connectivity index (χ1n) is 7.61. The van der Waals surface area contributed by atoms with E-state index in [1.807, 2.05) is 13.8 Å². The van der Waals surface area contributed by atoms with Gasteiger partial charge in [-0.25, -0.2) is 0 Å². The Hall–Kier alpha value is -0.690. The number of methoxy groups -OCH3 is 2. The highest BCUT2D eigenvalue weighted by molar-refractivity contribution is 5.78. The highest BCUT2D eigenvalue weighted by Crippen LogP contribution is 2.19. The normalized spacial score (nSPS) is 26.2. The van der Waals surface area contributed by atoms with E-state index < -0.39 is 11.5 Å². The van der Waals surface area contributed by atoms with Crippen molar-refractivity contribution in [3.63, 3.8) is 0 Å². The summed E-state index contributed by atoms with van der Waals surface area (Å²) in [5.41, 5.74) is -0.866. The fraction of sp³-hybridized carbons (Fsp3) is 0.933. The molecule has 0 aliphatic carbocycles. The van der Waals surface area contributed by atoms with Gasteiger partial charge in [0.25, 0.3) is 0 Å². The lowest BCUT2D eigenvalue weighted by Gasteiger charge is -2.29. The van der Waals surface area contributed by atoms with Crippen molar-refractivity contribution < 1.29 is 19.4 Å². The highest BCUT2D eigenvalue weighted by atomic mass is 16.5. The van der Waals surface area contributed by atoms with Crippen molar-refractivity contribution in [1.82, 2.24) is 10.2 Å². The summed E-state index contributed by atoms with van der Waals surface area (Å²) in [5.74, 6) is -0.790. The van der Waals surface area contributed by atoms with Crippen LogP contribution in [0.25, 0.3) is 0 Å². The van der Waals surface area contributed by atoms with Gasteiger partial charge in [0.1, 0.15) is 5.54 Å². The van der Waals surface area contributed by atoms with E-state index in [4.69, 9.17) is 9.47 Å². The van der Waals surface area contributed by atoms with Crippen molar-refractivity contribution >= 4 is 5.97 Å². The number of rotatable bonds is 9. The van der Waals surface area contributed by atoms with Gasteiger partial charge in [0.15, 0.2) is 0 Å². The van der Waals surface area contributed by atoms with Crippen molar-refractivity contribution in [1.29, 1.82) is 0 Å². The Morgan fingerprint density at radius 1 is 1.33 bits per heavy atom. The van der Waals surface area contributed by atoms with Crippen LogP contribution in [0.5, 0.6) is 0 Å². The maximum absolute atomic E-state index is 11.5. The zero-order chi connectivity index (χ0) is 16.0. The van der Waals surface area contributed by atoms with Crippen LogP contribution in [0.2, 0.25) is 0 Å². The first kappa shape index (κ1) is 18.4. The van der Waals surface area contributed by atoms with E-state index in [0.29, 0.717) is 6.42 Å². The largest absolute Gasteiger partial charge is 0.480 e. The van der Waals surface area contributed by atoms with Crippen LogP contribution in [0.1, 0.15) is 33.6 Å². The molecule has 3 atom stereocenters. The molecule has 1 rings (SSSR count). The van der Waals surface area contributed by atoms with Crippen molar-refractivity contribution in [2.75, 3.05) is 33.9 Å². The van der Waals surface area contributed by atoms with E-state index in [0.717, 1.165) is 26.1 Å². The molecule has 1 saturated heterocycles. The molecule has 0 amide bonds. The molecule has 0 spiro atoms. The molecule has 0 bridgehead atoms. The molecule has 0 aromatic rings. The number of carbonyl (C=O) groups is 1. The van der Waals surface area contributed by atoms with Crippen LogP contribution in [0.15, 0.2) is 0 Å². The zero-order valence-electron chi connectivity index (χ0n) is 13.9. The number of hydrogen-bond acceptors (Lipinski definition) is 5. The predicted molar refractivity (Wildman–Crippen MR) is 81.6 cm³/mol. The minimum absolute atomic E-state index is 0.106. The number of hydrogen-bond donors (Lipinski definition) is 2. The van der Waals surface area contributed by atoms with Gasteiger partial charge >= 0.3 is 5.97 Å². The van der Waals surface area contributed by atoms with Gasteiger partial charge in [0.05, 0.1) is 12.2 Å². The molecule has 124 valence electrons. The molecule has 1 heterocycles. The fourth-order valence-electron chi connectivity index (χ4n) is 2.99. The van der Waals surface area contributed by atoms with Crippen LogP contribution >= 0.6 is 0 Å². The second-order valence-electron chi connectivity index (χ2n) is 6.35. The average molecular weight is 302 g/mol. The lowest BCUT2D eigenvalue weighted by Crippen LogP contribution is -2.52. The zero-order valence-corrected chi connectivity index (χ0v) is 13.9. The highest BCUT2D eigenvalue weighted by Gasteiger charge is 2.35. The molecule has 6 heteroatoms. The summed E-state index contributed by atoms with van der Waals surface area (Å²) >= 11 is 0. The lowest BCUT2D eigenvalue weighted by molar-refractivity contribution is -0.144. The summed E-state index contributed by atoms with van der Waals surface area (Å²) in [5, 5.41) is 12.6. The Morgan fingerprint density at radius 3 is 2.24 bits per heavy atom. The van der Waals surface area contributed by atoms with Gasteiger partial charge in [-0.3, -0.25) is 15.0 Å². The standard InChI is InChI=1S/C15H30N2O4/c1-11(2)16-15(3,14(18)19)7-6-8-17-9-12(20-4)13(10-17)21-5/h11-13,16H,6-10H2,1-5H3,(H,18,19). The summed E-state index contributed by atoms with van der Waals surface area (Å²) in [6.07, 6.45) is 1.64. The molecular weight excluding hydrogens is 272 g/mol. The number of likely N-dealkylation sites (tertiary alicyclic amines) is 1. The van der Waals surface area contributed by atoms with Crippen LogP contribution in [0, 0.1) is 0 Å². The van der Waals surface area contributed by atoms with E-state index >= 15 is 0 Å². The maximum Gasteiger partial charge on any atom is 0.323 e. The number of nitrogens with one attached hydrogen (secondary N) is 1. The molecule has 3 unspecified atom stereocenters. The molecule has 0 aromatic carbocycles. The van der Waals surface area contributed by atoms with Crippen molar-refractivity contribution in [2.45, 2.75) is 57.4 Å². The molecule has 1 aliphatic heterocycles. The number of carboxylic acids is 1. The van der Waals surface area contributed by atoms with Gasteiger partial charge in [-0.05, 0) is 40.2 Å². The molecule has 6 nitrogen and oxygen atoms in total. The Morgan fingerprint density at radius 2 is 1.86 bits per heavy atom. The van der Waals surface area contributed by atoms with Crippen LogP contribution in [0.3, 0.4) is 0 Å². The molecule has 2 N–H and O–H groups in total. The molecule has 0 saturated carbocycles. The lowest BCUT2D eigenvalue weighted by atomic mass is 9.95. The van der Waals surface area contributed by atoms with E-state index in [1.54, 1.807) is 21.1 Å². The van der Waals surface area contributed by atoms with E-state index in [9.17, 15) is 9.90 Å². The predicted octanol–water partition coefficient (Wildman–Crippen LogP) is 0.954.